The van der Waals surface area contributed by atoms with Gasteiger partial charge in [-0.1, -0.05) is 19.9 Å². The molecule has 3 fully saturated rings. The van der Waals surface area contributed by atoms with Crippen molar-refractivity contribution in [2.75, 3.05) is 6.54 Å². The minimum absolute atomic E-state index is 0.282. The number of carbonyl (C=O) groups excluding carboxylic acids is 1. The minimum Gasteiger partial charge on any atom is -0.356 e. The maximum Gasteiger partial charge on any atom is 0.220 e. The summed E-state index contributed by atoms with van der Waals surface area (Å²) in [7, 11) is 0. The van der Waals surface area contributed by atoms with E-state index in [4.69, 9.17) is 0 Å². The fourth-order valence-electron chi connectivity index (χ4n) is 7.74. The van der Waals surface area contributed by atoms with Gasteiger partial charge in [0.25, 0.3) is 0 Å². The van der Waals surface area contributed by atoms with Crippen LogP contribution in [0.3, 0.4) is 0 Å². The molecule has 1 aliphatic heterocycles. The molecule has 150 valence electrons. The first-order chi connectivity index (χ1) is 13.4. The largest absolute Gasteiger partial charge is 0.356 e. The van der Waals surface area contributed by atoms with Crippen LogP contribution >= 0.6 is 0 Å². The summed E-state index contributed by atoms with van der Waals surface area (Å²) in [4.78, 5) is 16.7. The number of hydrogen-bond donors (Lipinski definition) is 1. The Bertz CT molecular complexity index is 830. The van der Waals surface area contributed by atoms with Crippen molar-refractivity contribution in [3.63, 3.8) is 0 Å². The number of nitrogens with zero attached hydrogens (tertiary/aromatic N) is 1. The second kappa shape index (κ2) is 6.43. The number of amides is 1. The van der Waals surface area contributed by atoms with E-state index in [2.05, 4.69) is 49.4 Å². The lowest BCUT2D eigenvalue weighted by atomic mass is 9.46. The average Bonchev–Trinajstić information content (AvgIpc) is 2.93. The van der Waals surface area contributed by atoms with Crippen LogP contribution in [0.5, 0.6) is 0 Å². The summed E-state index contributed by atoms with van der Waals surface area (Å²) in [5, 5.41) is 3.15. The zero-order valence-corrected chi connectivity index (χ0v) is 17.6. The molecule has 2 heterocycles. The zero-order chi connectivity index (χ0) is 19.5. The number of hydrogen-bond acceptors (Lipinski definition) is 2. The smallest absolute Gasteiger partial charge is 0.220 e. The van der Waals surface area contributed by atoms with E-state index in [1.165, 1.54) is 43.2 Å². The predicted octanol–water partition coefficient (Wildman–Crippen LogP) is 5.15. The van der Waals surface area contributed by atoms with Crippen LogP contribution in [0.15, 0.2) is 24.5 Å². The molecule has 2 saturated carbocycles. The van der Waals surface area contributed by atoms with E-state index in [9.17, 15) is 4.79 Å². The SMILES string of the molecule is Cc1cncc(C2=CC[C@H]3[C@@H]4CC[C@H]5CC(=O)NCC[C@]5(C)[C@H]4CC[C@]23C)c1. The molecule has 6 atom stereocenters. The van der Waals surface area contributed by atoms with Crippen molar-refractivity contribution >= 4 is 11.5 Å². The summed E-state index contributed by atoms with van der Waals surface area (Å²) in [6, 6.07) is 2.32. The van der Waals surface area contributed by atoms with E-state index in [-0.39, 0.29) is 5.91 Å². The van der Waals surface area contributed by atoms with Gasteiger partial charge in [0.05, 0.1) is 0 Å². The molecular weight excluding hydrogens is 344 g/mol. The first kappa shape index (κ1) is 18.4. The molecule has 3 aliphatic carbocycles. The summed E-state index contributed by atoms with van der Waals surface area (Å²) >= 11 is 0. The number of pyridine rings is 1. The molecule has 1 N–H and O–H groups in total. The first-order valence-corrected chi connectivity index (χ1v) is 11.3. The Morgan fingerprint density at radius 1 is 1.11 bits per heavy atom. The number of allylic oxidation sites excluding steroid dienone is 2. The molecule has 0 bridgehead atoms. The van der Waals surface area contributed by atoms with Crippen molar-refractivity contribution < 1.29 is 4.79 Å². The lowest BCUT2D eigenvalue weighted by molar-refractivity contribution is -0.124. The highest BCUT2D eigenvalue weighted by atomic mass is 16.1. The van der Waals surface area contributed by atoms with E-state index in [0.717, 1.165) is 37.1 Å². The van der Waals surface area contributed by atoms with Gasteiger partial charge in [-0.05, 0) is 103 Å². The van der Waals surface area contributed by atoms with E-state index in [0.29, 0.717) is 16.7 Å². The van der Waals surface area contributed by atoms with Crippen molar-refractivity contribution in [3.8, 4) is 0 Å². The maximum atomic E-state index is 12.2. The van der Waals surface area contributed by atoms with E-state index in [1.54, 1.807) is 5.57 Å². The van der Waals surface area contributed by atoms with Crippen LogP contribution in [-0.4, -0.2) is 17.4 Å². The molecule has 4 aliphatic rings. The lowest BCUT2D eigenvalue weighted by Gasteiger charge is -2.58. The molecular formula is C25H34N2O. The Kier molecular flexibility index (Phi) is 4.23. The molecule has 1 saturated heterocycles. The van der Waals surface area contributed by atoms with Crippen LogP contribution < -0.4 is 5.32 Å². The summed E-state index contributed by atoms with van der Waals surface area (Å²) < 4.78 is 0. The number of aryl methyl sites for hydroxylation is 1. The van der Waals surface area contributed by atoms with E-state index >= 15 is 0 Å². The Labute approximate surface area is 169 Å². The predicted molar refractivity (Wildman–Crippen MR) is 112 cm³/mol. The molecule has 0 radical (unpaired) electrons. The number of rotatable bonds is 1. The Morgan fingerprint density at radius 3 is 2.79 bits per heavy atom. The molecule has 5 rings (SSSR count). The van der Waals surface area contributed by atoms with Gasteiger partial charge in [-0.15, -0.1) is 0 Å². The molecule has 1 aromatic rings. The zero-order valence-electron chi connectivity index (χ0n) is 17.6. The number of aromatic nitrogens is 1. The fourth-order valence-corrected chi connectivity index (χ4v) is 7.74. The third kappa shape index (κ3) is 2.61. The molecule has 0 spiro atoms. The Morgan fingerprint density at radius 2 is 1.96 bits per heavy atom. The van der Waals surface area contributed by atoms with Gasteiger partial charge in [0.2, 0.25) is 5.91 Å². The van der Waals surface area contributed by atoms with Crippen molar-refractivity contribution in [2.24, 2.45) is 34.5 Å². The van der Waals surface area contributed by atoms with Crippen LogP contribution in [0, 0.1) is 41.4 Å². The van der Waals surface area contributed by atoms with Crippen LogP contribution in [0.25, 0.3) is 5.57 Å². The van der Waals surface area contributed by atoms with Gasteiger partial charge in [0.15, 0.2) is 0 Å². The quantitative estimate of drug-likeness (QED) is 0.734. The van der Waals surface area contributed by atoms with Gasteiger partial charge >= 0.3 is 0 Å². The molecule has 3 nitrogen and oxygen atoms in total. The van der Waals surface area contributed by atoms with Crippen LogP contribution in [0.4, 0.5) is 0 Å². The minimum atomic E-state index is 0.282. The van der Waals surface area contributed by atoms with Gasteiger partial charge in [0.1, 0.15) is 0 Å². The molecule has 1 aromatic heterocycles. The summed E-state index contributed by atoms with van der Waals surface area (Å²) in [5.74, 6) is 3.20. The topological polar surface area (TPSA) is 42.0 Å². The molecule has 0 unspecified atom stereocenters. The van der Waals surface area contributed by atoms with Crippen molar-refractivity contribution in [3.05, 3.63) is 35.7 Å². The van der Waals surface area contributed by atoms with Crippen molar-refractivity contribution in [1.82, 2.24) is 10.3 Å². The highest BCUT2D eigenvalue weighted by Gasteiger charge is 2.58. The van der Waals surface area contributed by atoms with Gasteiger partial charge < -0.3 is 5.32 Å². The van der Waals surface area contributed by atoms with Gasteiger partial charge in [-0.3, -0.25) is 9.78 Å². The number of carbonyl (C=O) groups is 1. The van der Waals surface area contributed by atoms with Crippen molar-refractivity contribution in [2.45, 2.75) is 65.7 Å². The second-order valence-electron chi connectivity index (χ2n) is 10.5. The van der Waals surface area contributed by atoms with Gasteiger partial charge in [-0.25, -0.2) is 0 Å². The Balaban J connectivity index is 1.45. The molecule has 0 aromatic carbocycles. The maximum absolute atomic E-state index is 12.2. The average molecular weight is 379 g/mol. The van der Waals surface area contributed by atoms with Crippen LogP contribution in [-0.2, 0) is 4.79 Å². The Hall–Kier alpha value is -1.64. The third-order valence-electron chi connectivity index (χ3n) is 9.25. The number of nitrogens with one attached hydrogen (secondary N) is 1. The van der Waals surface area contributed by atoms with E-state index < -0.39 is 0 Å². The first-order valence-electron chi connectivity index (χ1n) is 11.3. The summed E-state index contributed by atoms with van der Waals surface area (Å²) in [5.41, 5.74) is 4.77. The van der Waals surface area contributed by atoms with E-state index in [1.807, 2.05) is 6.20 Å². The highest BCUT2D eigenvalue weighted by Crippen LogP contribution is 2.66. The van der Waals surface area contributed by atoms with Crippen LogP contribution in [0.1, 0.15) is 69.9 Å². The summed E-state index contributed by atoms with van der Waals surface area (Å²) in [6.45, 7) is 8.06. The van der Waals surface area contributed by atoms with Crippen LogP contribution in [0.2, 0.25) is 0 Å². The fraction of sp³-hybridized carbons (Fsp3) is 0.680. The standard InChI is InChI=1S/C25H34N2O/c1-16-12-17(15-26-14-16)20-6-7-21-19-5-4-18-13-23(28)27-11-10-24(18,2)22(19)8-9-25(20,21)3/h6,12,14-15,18-19,21-22H,4-5,7-11,13H2,1-3H3,(H,27,28)/t18-,19-,21-,22-,24-,25+/m0/s1. The van der Waals surface area contributed by atoms with Crippen molar-refractivity contribution in [1.29, 1.82) is 0 Å². The van der Waals surface area contributed by atoms with Gasteiger partial charge in [-0.2, -0.15) is 0 Å². The summed E-state index contributed by atoms with van der Waals surface area (Å²) in [6.07, 6.45) is 14.8. The molecule has 1 amide bonds. The lowest BCUT2D eigenvalue weighted by Crippen LogP contribution is -2.51. The monoisotopic (exact) mass is 378 g/mol. The third-order valence-corrected chi connectivity index (χ3v) is 9.25. The number of fused-ring (bicyclic) bond motifs is 5. The molecule has 28 heavy (non-hydrogen) atoms. The van der Waals surface area contributed by atoms with Gasteiger partial charge in [0, 0.05) is 25.4 Å². The second-order valence-corrected chi connectivity index (χ2v) is 10.5. The molecule has 3 heteroatoms. The normalized spacial score (nSPS) is 42.5. The highest BCUT2D eigenvalue weighted by molar-refractivity contribution is 5.76.